The second-order valence-electron chi connectivity index (χ2n) is 4.39. The minimum atomic E-state index is -0.782. The standard InChI is InChI=1S/C16H14N2OS/c1-11-3-4-13(10-18-11)16(19)15(9-17)12-5-7-14(20-2)8-6-12/h3-8,10,15H,1-2H3/t15-/m0/s1. The van der Waals surface area contributed by atoms with Gasteiger partial charge < -0.3 is 0 Å². The fourth-order valence-corrected chi connectivity index (χ4v) is 2.27. The number of rotatable bonds is 4. The summed E-state index contributed by atoms with van der Waals surface area (Å²) in [6.07, 6.45) is 3.51. The van der Waals surface area contributed by atoms with Gasteiger partial charge in [0.15, 0.2) is 5.78 Å². The molecule has 0 aliphatic carbocycles. The number of thioether (sulfide) groups is 1. The molecule has 0 saturated heterocycles. The third kappa shape index (κ3) is 3.06. The highest BCUT2D eigenvalue weighted by molar-refractivity contribution is 7.98. The summed E-state index contributed by atoms with van der Waals surface area (Å²) < 4.78 is 0. The highest BCUT2D eigenvalue weighted by Crippen LogP contribution is 2.23. The van der Waals surface area contributed by atoms with Crippen LogP contribution in [0.25, 0.3) is 0 Å². The fraction of sp³-hybridized carbons (Fsp3) is 0.188. The molecule has 3 nitrogen and oxygen atoms in total. The summed E-state index contributed by atoms with van der Waals surface area (Å²) in [5, 5.41) is 9.30. The van der Waals surface area contributed by atoms with Crippen LogP contribution in [0.4, 0.5) is 0 Å². The van der Waals surface area contributed by atoms with Gasteiger partial charge in [-0.15, -0.1) is 11.8 Å². The number of carbonyl (C=O) groups excluding carboxylic acids is 1. The molecule has 1 aromatic heterocycles. The fourth-order valence-electron chi connectivity index (χ4n) is 1.86. The highest BCUT2D eigenvalue weighted by atomic mass is 32.2. The first-order valence-corrected chi connectivity index (χ1v) is 7.38. The summed E-state index contributed by atoms with van der Waals surface area (Å²) in [5.41, 5.74) is 2.03. The smallest absolute Gasteiger partial charge is 0.185 e. The Balaban J connectivity index is 2.29. The van der Waals surface area contributed by atoms with Crippen LogP contribution in [0.3, 0.4) is 0 Å². The first kappa shape index (κ1) is 14.3. The summed E-state index contributed by atoms with van der Waals surface area (Å²) in [6, 6.07) is 13.1. The largest absolute Gasteiger partial charge is 0.292 e. The van der Waals surface area contributed by atoms with Crippen LogP contribution in [-0.2, 0) is 0 Å². The van der Waals surface area contributed by atoms with E-state index >= 15 is 0 Å². The van der Waals surface area contributed by atoms with Crippen LogP contribution in [0.15, 0.2) is 47.5 Å². The van der Waals surface area contributed by atoms with E-state index in [1.807, 2.05) is 37.4 Å². The number of Topliss-reactive ketones (excluding diaryl/α,β-unsaturated/α-hetero) is 1. The molecule has 4 heteroatoms. The lowest BCUT2D eigenvalue weighted by molar-refractivity contribution is 0.0978. The Hall–Kier alpha value is -2.12. The summed E-state index contributed by atoms with van der Waals surface area (Å²) >= 11 is 1.63. The van der Waals surface area contributed by atoms with Crippen molar-refractivity contribution in [2.24, 2.45) is 0 Å². The van der Waals surface area contributed by atoms with E-state index in [0.29, 0.717) is 5.56 Å². The lowest BCUT2D eigenvalue weighted by atomic mass is 9.92. The summed E-state index contributed by atoms with van der Waals surface area (Å²) in [7, 11) is 0. The Labute approximate surface area is 122 Å². The van der Waals surface area contributed by atoms with Crippen molar-refractivity contribution in [2.45, 2.75) is 17.7 Å². The van der Waals surface area contributed by atoms with Gasteiger partial charge in [-0.25, -0.2) is 0 Å². The zero-order chi connectivity index (χ0) is 14.5. The molecule has 0 saturated carbocycles. The lowest BCUT2D eigenvalue weighted by Gasteiger charge is -2.09. The molecule has 1 atom stereocenters. The van der Waals surface area contributed by atoms with Crippen LogP contribution in [0.2, 0.25) is 0 Å². The maximum Gasteiger partial charge on any atom is 0.185 e. The van der Waals surface area contributed by atoms with Gasteiger partial charge in [0.1, 0.15) is 5.92 Å². The van der Waals surface area contributed by atoms with Gasteiger partial charge >= 0.3 is 0 Å². The minimum absolute atomic E-state index is 0.211. The maximum atomic E-state index is 12.4. The average molecular weight is 282 g/mol. The SMILES string of the molecule is CSc1ccc([C@H](C#N)C(=O)c2ccc(C)nc2)cc1. The van der Waals surface area contributed by atoms with Crippen LogP contribution in [0.1, 0.15) is 27.5 Å². The molecule has 2 rings (SSSR count). The van der Waals surface area contributed by atoms with E-state index in [-0.39, 0.29) is 5.78 Å². The van der Waals surface area contributed by atoms with Gasteiger partial charge in [-0.05, 0) is 43.0 Å². The zero-order valence-corrected chi connectivity index (χ0v) is 12.1. The van der Waals surface area contributed by atoms with Crippen molar-refractivity contribution < 1.29 is 4.79 Å². The Morgan fingerprint density at radius 2 is 1.95 bits per heavy atom. The normalized spacial score (nSPS) is 11.7. The Bertz CT molecular complexity index is 642. The molecular weight excluding hydrogens is 268 g/mol. The molecule has 100 valence electrons. The molecule has 0 aliphatic heterocycles. The van der Waals surface area contributed by atoms with Crippen molar-refractivity contribution in [3.63, 3.8) is 0 Å². The monoisotopic (exact) mass is 282 g/mol. The van der Waals surface area contributed by atoms with E-state index in [0.717, 1.165) is 16.2 Å². The lowest BCUT2D eigenvalue weighted by Crippen LogP contribution is -2.11. The van der Waals surface area contributed by atoms with Gasteiger partial charge in [0.05, 0.1) is 6.07 Å². The zero-order valence-electron chi connectivity index (χ0n) is 11.3. The molecule has 0 aliphatic rings. The first-order chi connectivity index (χ1) is 9.65. The second kappa shape index (κ2) is 6.36. The molecule has 0 radical (unpaired) electrons. The van der Waals surface area contributed by atoms with Gasteiger partial charge in [-0.3, -0.25) is 9.78 Å². The molecule has 0 amide bonds. The molecule has 20 heavy (non-hydrogen) atoms. The van der Waals surface area contributed by atoms with Gasteiger partial charge in [0, 0.05) is 22.3 Å². The number of aryl methyl sites for hydroxylation is 1. The van der Waals surface area contributed by atoms with E-state index in [9.17, 15) is 10.1 Å². The van der Waals surface area contributed by atoms with E-state index in [1.165, 1.54) is 6.20 Å². The van der Waals surface area contributed by atoms with E-state index in [1.54, 1.807) is 23.9 Å². The number of hydrogen-bond donors (Lipinski definition) is 0. The summed E-state index contributed by atoms with van der Waals surface area (Å²) in [6.45, 7) is 1.86. The number of hydrogen-bond acceptors (Lipinski definition) is 4. The third-order valence-corrected chi connectivity index (χ3v) is 3.78. The van der Waals surface area contributed by atoms with Gasteiger partial charge in [-0.2, -0.15) is 5.26 Å². The molecule has 0 fully saturated rings. The number of pyridine rings is 1. The minimum Gasteiger partial charge on any atom is -0.292 e. The Morgan fingerprint density at radius 1 is 1.25 bits per heavy atom. The number of aromatic nitrogens is 1. The van der Waals surface area contributed by atoms with E-state index in [4.69, 9.17) is 0 Å². The average Bonchev–Trinajstić information content (AvgIpc) is 2.49. The molecule has 0 bridgehead atoms. The van der Waals surface area contributed by atoms with Crippen LogP contribution < -0.4 is 0 Å². The summed E-state index contributed by atoms with van der Waals surface area (Å²) in [4.78, 5) is 17.6. The van der Waals surface area contributed by atoms with Crippen LogP contribution >= 0.6 is 11.8 Å². The topological polar surface area (TPSA) is 53.8 Å². The predicted molar refractivity (Wildman–Crippen MR) is 79.9 cm³/mol. The molecule has 2 aromatic rings. The number of nitrogens with zero attached hydrogens (tertiary/aromatic N) is 2. The Morgan fingerprint density at radius 3 is 2.45 bits per heavy atom. The third-order valence-electron chi connectivity index (χ3n) is 3.04. The molecular formula is C16H14N2OS. The van der Waals surface area contributed by atoms with Crippen LogP contribution in [0, 0.1) is 18.3 Å². The second-order valence-corrected chi connectivity index (χ2v) is 5.27. The first-order valence-electron chi connectivity index (χ1n) is 6.16. The van der Waals surface area contributed by atoms with E-state index < -0.39 is 5.92 Å². The quantitative estimate of drug-likeness (QED) is 0.635. The highest BCUT2D eigenvalue weighted by Gasteiger charge is 2.21. The van der Waals surface area contributed by atoms with Crippen molar-refractivity contribution in [1.82, 2.24) is 4.98 Å². The predicted octanol–water partition coefficient (Wildman–Crippen LogP) is 3.60. The number of benzene rings is 1. The molecule has 1 heterocycles. The van der Waals surface area contributed by atoms with Crippen molar-refractivity contribution >= 4 is 17.5 Å². The molecule has 0 spiro atoms. The van der Waals surface area contributed by atoms with Crippen molar-refractivity contribution in [3.05, 3.63) is 59.4 Å². The van der Waals surface area contributed by atoms with Gasteiger partial charge in [-0.1, -0.05) is 12.1 Å². The van der Waals surface area contributed by atoms with Crippen molar-refractivity contribution in [1.29, 1.82) is 5.26 Å². The molecule has 0 unspecified atom stereocenters. The Kier molecular flexibility index (Phi) is 4.54. The van der Waals surface area contributed by atoms with Crippen LogP contribution in [-0.4, -0.2) is 17.0 Å². The maximum absolute atomic E-state index is 12.4. The number of carbonyl (C=O) groups is 1. The summed E-state index contributed by atoms with van der Waals surface area (Å²) in [5.74, 6) is -0.993. The van der Waals surface area contributed by atoms with Gasteiger partial charge in [0.2, 0.25) is 0 Å². The van der Waals surface area contributed by atoms with Crippen molar-refractivity contribution in [2.75, 3.05) is 6.26 Å². The van der Waals surface area contributed by atoms with Gasteiger partial charge in [0.25, 0.3) is 0 Å². The molecule has 0 N–H and O–H groups in total. The van der Waals surface area contributed by atoms with Crippen LogP contribution in [0.5, 0.6) is 0 Å². The van der Waals surface area contributed by atoms with Crippen molar-refractivity contribution in [3.8, 4) is 6.07 Å². The number of nitriles is 1. The van der Waals surface area contributed by atoms with E-state index in [2.05, 4.69) is 11.1 Å². The molecule has 1 aromatic carbocycles. The number of ketones is 1.